The average molecular weight is 259 g/mol. The highest BCUT2D eigenvalue weighted by Gasteiger charge is 2.24. The predicted molar refractivity (Wildman–Crippen MR) is 83.9 cm³/mol. The first-order chi connectivity index (χ1) is 8.47. The predicted octanol–water partition coefficient (Wildman–Crippen LogP) is 4.48. The van der Waals surface area contributed by atoms with Crippen molar-refractivity contribution in [3.63, 3.8) is 0 Å². The second kappa shape index (κ2) is 5.31. The van der Waals surface area contributed by atoms with Crippen molar-refractivity contribution >= 4 is 13.8 Å². The molecule has 2 rings (SSSR count). The van der Waals surface area contributed by atoms with Crippen molar-refractivity contribution in [2.45, 2.75) is 45.4 Å². The van der Waals surface area contributed by atoms with E-state index in [4.69, 9.17) is 0 Å². The average Bonchev–Trinajstić information content (AvgIpc) is 2.31. The molecule has 0 bridgehead atoms. The van der Waals surface area contributed by atoms with Crippen LogP contribution in [0.2, 0.25) is 19.6 Å². The van der Waals surface area contributed by atoms with Crippen molar-refractivity contribution in [3.05, 3.63) is 41.6 Å². The van der Waals surface area contributed by atoms with E-state index in [1.165, 1.54) is 25.1 Å². The zero-order valence-electron chi connectivity index (χ0n) is 12.1. The first-order valence-electron chi connectivity index (χ1n) is 7.01. The summed E-state index contributed by atoms with van der Waals surface area (Å²) in [5.41, 5.74) is 5.63. The first kappa shape index (κ1) is 13.4. The lowest BCUT2D eigenvalue weighted by Crippen LogP contribution is -2.40. The van der Waals surface area contributed by atoms with Gasteiger partial charge in [0.2, 0.25) is 0 Å². The third-order valence-electron chi connectivity index (χ3n) is 3.57. The van der Waals surface area contributed by atoms with Crippen LogP contribution in [0.4, 0.5) is 5.69 Å². The molecule has 1 unspecified atom stereocenters. The molecule has 0 aliphatic carbocycles. The van der Waals surface area contributed by atoms with Gasteiger partial charge in [-0.25, -0.2) is 0 Å². The Kier molecular flexibility index (Phi) is 3.96. The number of piperidine rings is 1. The van der Waals surface area contributed by atoms with Gasteiger partial charge in [-0.1, -0.05) is 49.1 Å². The van der Waals surface area contributed by atoms with Gasteiger partial charge in [0.25, 0.3) is 0 Å². The van der Waals surface area contributed by atoms with Crippen molar-refractivity contribution in [1.82, 2.24) is 0 Å². The van der Waals surface area contributed by atoms with Crippen LogP contribution in [0.3, 0.4) is 0 Å². The number of para-hydroxylation sites is 1. The molecule has 2 heteroatoms. The summed E-state index contributed by atoms with van der Waals surface area (Å²) >= 11 is 0. The Labute approximate surface area is 113 Å². The molecule has 1 atom stereocenters. The number of rotatable bonds is 2. The fourth-order valence-corrected chi connectivity index (χ4v) is 4.28. The summed E-state index contributed by atoms with van der Waals surface area (Å²) in [4.78, 5) is 2.55. The summed E-state index contributed by atoms with van der Waals surface area (Å²) in [5, 5.41) is 0. The molecule has 1 aliphatic rings. The Morgan fingerprint density at radius 2 is 1.83 bits per heavy atom. The van der Waals surface area contributed by atoms with Gasteiger partial charge < -0.3 is 4.90 Å². The molecular formula is C16H25NSi. The summed E-state index contributed by atoms with van der Waals surface area (Å²) < 4.78 is 0. The van der Waals surface area contributed by atoms with E-state index in [1.807, 2.05) is 0 Å². The van der Waals surface area contributed by atoms with Crippen LogP contribution in [0.5, 0.6) is 0 Å². The fourth-order valence-electron chi connectivity index (χ4n) is 2.78. The highest BCUT2D eigenvalue weighted by atomic mass is 28.3. The van der Waals surface area contributed by atoms with Crippen molar-refractivity contribution in [3.8, 4) is 0 Å². The van der Waals surface area contributed by atoms with Crippen molar-refractivity contribution in [1.29, 1.82) is 0 Å². The van der Waals surface area contributed by atoms with Gasteiger partial charge in [-0.05, 0) is 31.9 Å². The van der Waals surface area contributed by atoms with Crippen LogP contribution in [0.15, 0.2) is 41.6 Å². The van der Waals surface area contributed by atoms with Gasteiger partial charge in [-0.3, -0.25) is 0 Å². The molecule has 1 aromatic rings. The van der Waals surface area contributed by atoms with E-state index in [1.54, 1.807) is 5.57 Å². The van der Waals surface area contributed by atoms with Crippen LogP contribution in [-0.4, -0.2) is 20.7 Å². The Morgan fingerprint density at radius 3 is 2.44 bits per heavy atom. The van der Waals surface area contributed by atoms with Gasteiger partial charge in [0.1, 0.15) is 0 Å². The topological polar surface area (TPSA) is 3.24 Å². The molecule has 1 fully saturated rings. The first-order valence-corrected chi connectivity index (χ1v) is 10.6. The largest absolute Gasteiger partial charge is 0.365 e. The summed E-state index contributed by atoms with van der Waals surface area (Å²) in [5.74, 6) is 0. The minimum Gasteiger partial charge on any atom is -0.365 e. The Morgan fingerprint density at radius 1 is 1.17 bits per heavy atom. The van der Waals surface area contributed by atoms with Gasteiger partial charge in [0.05, 0.1) is 8.07 Å². The minimum atomic E-state index is -1.11. The van der Waals surface area contributed by atoms with E-state index in [9.17, 15) is 0 Å². The minimum absolute atomic E-state index is 0.563. The lowest BCUT2D eigenvalue weighted by atomic mass is 9.97. The number of benzene rings is 1. The molecule has 18 heavy (non-hydrogen) atoms. The molecule has 0 spiro atoms. The maximum atomic E-state index is 2.60. The van der Waals surface area contributed by atoms with Crippen LogP contribution in [0.25, 0.3) is 0 Å². The van der Waals surface area contributed by atoms with Gasteiger partial charge >= 0.3 is 0 Å². The molecule has 0 saturated carbocycles. The summed E-state index contributed by atoms with van der Waals surface area (Å²) in [6, 6.07) is 11.4. The highest BCUT2D eigenvalue weighted by molar-refractivity contribution is 6.81. The maximum absolute atomic E-state index is 2.60. The molecule has 0 radical (unpaired) electrons. The Bertz CT molecular complexity index is 416. The second-order valence-electron chi connectivity index (χ2n) is 6.39. The van der Waals surface area contributed by atoms with Gasteiger partial charge in [-0.15, -0.1) is 0 Å². The normalized spacial score (nSPS) is 23.4. The van der Waals surface area contributed by atoms with E-state index < -0.39 is 8.07 Å². The summed E-state index contributed by atoms with van der Waals surface area (Å²) in [6.45, 7) is 10.8. The van der Waals surface area contributed by atoms with E-state index in [0.717, 1.165) is 0 Å². The van der Waals surface area contributed by atoms with Crippen LogP contribution in [0.1, 0.15) is 19.8 Å². The molecule has 1 heterocycles. The third-order valence-corrected chi connectivity index (χ3v) is 4.81. The Hall–Kier alpha value is -1.02. The highest BCUT2D eigenvalue weighted by Crippen LogP contribution is 2.29. The maximum Gasteiger partial charge on any atom is 0.0687 e. The zero-order chi connectivity index (χ0) is 13.2. The summed E-state index contributed by atoms with van der Waals surface area (Å²) in [6.07, 6.45) is 2.57. The van der Waals surface area contributed by atoms with Crippen molar-refractivity contribution < 1.29 is 0 Å². The Balaban J connectivity index is 2.23. The van der Waals surface area contributed by atoms with E-state index in [2.05, 4.69) is 67.5 Å². The van der Waals surface area contributed by atoms with Crippen LogP contribution in [0, 0.1) is 0 Å². The summed E-state index contributed by atoms with van der Waals surface area (Å²) in [7, 11) is -1.11. The van der Waals surface area contributed by atoms with Gasteiger partial charge in [0.15, 0.2) is 0 Å². The zero-order valence-corrected chi connectivity index (χ0v) is 13.1. The number of hydrogen-bond donors (Lipinski definition) is 0. The fraction of sp³-hybridized carbons (Fsp3) is 0.500. The molecule has 1 aliphatic heterocycles. The lowest BCUT2D eigenvalue weighted by molar-refractivity contribution is 0.588. The third kappa shape index (κ3) is 3.26. The van der Waals surface area contributed by atoms with Crippen molar-refractivity contribution in [2.75, 3.05) is 11.4 Å². The van der Waals surface area contributed by atoms with Crippen LogP contribution in [-0.2, 0) is 0 Å². The van der Waals surface area contributed by atoms with Gasteiger partial charge in [-0.2, -0.15) is 0 Å². The molecule has 1 nitrogen and oxygen atoms in total. The van der Waals surface area contributed by atoms with E-state index >= 15 is 0 Å². The molecule has 1 aromatic carbocycles. The smallest absolute Gasteiger partial charge is 0.0687 e. The van der Waals surface area contributed by atoms with Gasteiger partial charge in [0, 0.05) is 18.3 Å². The standard InChI is InChI=1S/C16H25NSi/c1-14-15(13-18(2,3)4)9-8-12-17(14)16-10-6-5-7-11-16/h5-7,10-11,13-14H,8-9,12H2,1-4H3/b15-13+. The number of nitrogens with zero attached hydrogens (tertiary/aromatic N) is 1. The second-order valence-corrected chi connectivity index (χ2v) is 11.4. The lowest BCUT2D eigenvalue weighted by Gasteiger charge is -2.38. The molecule has 0 aromatic heterocycles. The molecule has 1 saturated heterocycles. The molecule has 0 amide bonds. The molecule has 98 valence electrons. The van der Waals surface area contributed by atoms with Crippen LogP contribution < -0.4 is 4.90 Å². The quantitative estimate of drug-likeness (QED) is 0.708. The van der Waals surface area contributed by atoms with E-state index in [-0.39, 0.29) is 0 Å². The van der Waals surface area contributed by atoms with Crippen molar-refractivity contribution in [2.24, 2.45) is 0 Å². The van der Waals surface area contributed by atoms with E-state index in [0.29, 0.717) is 6.04 Å². The number of hydrogen-bond acceptors (Lipinski definition) is 1. The molecular weight excluding hydrogens is 234 g/mol. The number of anilines is 1. The molecule has 0 N–H and O–H groups in total. The monoisotopic (exact) mass is 259 g/mol. The van der Waals surface area contributed by atoms with Crippen LogP contribution >= 0.6 is 0 Å². The SMILES string of the molecule is CC1/C(=C/[Si](C)(C)C)CCCN1c1ccccc1.